The van der Waals surface area contributed by atoms with E-state index in [0.717, 1.165) is 29.7 Å². The van der Waals surface area contributed by atoms with Crippen LogP contribution in [0.3, 0.4) is 0 Å². The first kappa shape index (κ1) is 25.3. The first-order valence-electron chi connectivity index (χ1n) is 12.7. The number of anilines is 1. The van der Waals surface area contributed by atoms with Gasteiger partial charge in [-0.2, -0.15) is 5.10 Å². The van der Waals surface area contributed by atoms with E-state index in [1.807, 2.05) is 43.3 Å². The molecule has 10 heteroatoms. The summed E-state index contributed by atoms with van der Waals surface area (Å²) in [5.41, 5.74) is 4.43. The highest BCUT2D eigenvalue weighted by atomic mass is 32.2. The van der Waals surface area contributed by atoms with Crippen LogP contribution in [0.2, 0.25) is 0 Å². The fourth-order valence-corrected chi connectivity index (χ4v) is 6.01. The van der Waals surface area contributed by atoms with Gasteiger partial charge >= 0.3 is 0 Å². The molecule has 0 radical (unpaired) electrons. The van der Waals surface area contributed by atoms with Crippen molar-refractivity contribution in [3.05, 3.63) is 53.2 Å². The molecule has 2 amide bonds. The van der Waals surface area contributed by atoms with E-state index in [9.17, 15) is 18.0 Å². The number of benzene rings is 2. The highest BCUT2D eigenvalue weighted by Crippen LogP contribution is 2.47. The molecule has 37 heavy (non-hydrogen) atoms. The van der Waals surface area contributed by atoms with Crippen LogP contribution < -0.4 is 9.62 Å². The molecule has 1 saturated heterocycles. The number of hydrogen-bond donors (Lipinski definition) is 1. The minimum Gasteiger partial charge on any atom is -0.354 e. The lowest BCUT2D eigenvalue weighted by Crippen LogP contribution is -2.50. The fraction of sp³-hybridized carbons (Fsp3) is 0.444. The van der Waals surface area contributed by atoms with Crippen LogP contribution in [-0.2, 0) is 14.8 Å². The number of hydrogen-bond acceptors (Lipinski definition) is 5. The van der Waals surface area contributed by atoms with E-state index in [0.29, 0.717) is 48.3 Å². The molecule has 1 N–H and O–H groups in total. The van der Waals surface area contributed by atoms with Crippen LogP contribution in [0.25, 0.3) is 16.6 Å². The predicted molar refractivity (Wildman–Crippen MR) is 146 cm³/mol. The molecule has 9 nitrogen and oxygen atoms in total. The molecule has 2 fully saturated rings. The number of likely N-dealkylation sites (tertiary alicyclic amines) is 1. The molecule has 2 aromatic carbocycles. The second-order valence-electron chi connectivity index (χ2n) is 10.3. The Morgan fingerprint density at radius 2 is 1.84 bits per heavy atom. The van der Waals surface area contributed by atoms with Crippen molar-refractivity contribution in [2.24, 2.45) is 5.92 Å². The largest absolute Gasteiger partial charge is 0.354 e. The molecule has 2 heterocycles. The molecular weight excluding hydrogens is 490 g/mol. The normalized spacial score (nSPS) is 16.1. The first-order valence-corrected chi connectivity index (χ1v) is 14.5. The summed E-state index contributed by atoms with van der Waals surface area (Å²) in [5, 5.41) is 8.20. The van der Waals surface area contributed by atoms with Gasteiger partial charge in [0.1, 0.15) is 5.69 Å². The van der Waals surface area contributed by atoms with E-state index in [1.54, 1.807) is 23.6 Å². The smallest absolute Gasteiger partial charge is 0.270 e. The van der Waals surface area contributed by atoms with Gasteiger partial charge in [0.05, 0.1) is 23.1 Å². The zero-order chi connectivity index (χ0) is 26.5. The maximum absolute atomic E-state index is 13.0. The topological polar surface area (TPSA) is 105 Å². The van der Waals surface area contributed by atoms with Gasteiger partial charge in [-0.1, -0.05) is 17.7 Å². The van der Waals surface area contributed by atoms with Crippen molar-refractivity contribution in [2.45, 2.75) is 39.0 Å². The standard InChI is InChI=1S/C27H33N5O4S.H2/c1-17-5-9-21(10-6-17)32-26(27(34)28-3)23-13-22(20-7-8-20)25(14-24(23)29-32)31(37(4,35)36)12-11-19-15-30(16-19)18(2)33;/h5-6,9-10,13-14,19-20H,7-8,11-12,15-16H2,1-4H3,(H,28,34);1H. The molecule has 0 unspecified atom stereocenters. The third-order valence-electron chi connectivity index (χ3n) is 7.37. The number of rotatable bonds is 8. The molecule has 5 rings (SSSR count). The summed E-state index contributed by atoms with van der Waals surface area (Å²) >= 11 is 0. The number of carbonyl (C=O) groups is 2. The van der Waals surface area contributed by atoms with Gasteiger partial charge in [0.15, 0.2) is 0 Å². The number of nitrogens with one attached hydrogen (secondary N) is 1. The molecule has 1 aromatic heterocycles. The second kappa shape index (κ2) is 9.48. The van der Waals surface area contributed by atoms with Gasteiger partial charge in [-0.15, -0.1) is 0 Å². The van der Waals surface area contributed by atoms with Crippen LogP contribution >= 0.6 is 0 Å². The number of aryl methyl sites for hydroxylation is 1. The highest BCUT2D eigenvalue weighted by molar-refractivity contribution is 7.92. The van der Waals surface area contributed by atoms with Crippen LogP contribution in [0.4, 0.5) is 5.69 Å². The number of fused-ring (bicyclic) bond motifs is 1. The molecule has 2 aliphatic rings. The van der Waals surface area contributed by atoms with E-state index in [2.05, 4.69) is 5.32 Å². The third-order valence-corrected chi connectivity index (χ3v) is 8.55. The molecule has 0 spiro atoms. The molecular formula is C27H35N5O4S. The molecule has 1 saturated carbocycles. The van der Waals surface area contributed by atoms with Gasteiger partial charge in [-0.05, 0) is 67.9 Å². The van der Waals surface area contributed by atoms with E-state index in [4.69, 9.17) is 5.10 Å². The van der Waals surface area contributed by atoms with Gasteiger partial charge in [0, 0.05) is 40.4 Å². The molecule has 1 aliphatic carbocycles. The maximum Gasteiger partial charge on any atom is 0.270 e. The predicted octanol–water partition coefficient (Wildman–Crippen LogP) is 3.45. The molecule has 1 aliphatic heterocycles. The van der Waals surface area contributed by atoms with E-state index < -0.39 is 10.0 Å². The van der Waals surface area contributed by atoms with Gasteiger partial charge in [-0.3, -0.25) is 13.9 Å². The summed E-state index contributed by atoms with van der Waals surface area (Å²) in [6.07, 6.45) is 3.86. The van der Waals surface area contributed by atoms with Crippen LogP contribution in [0.1, 0.15) is 55.1 Å². The summed E-state index contributed by atoms with van der Waals surface area (Å²) < 4.78 is 29.1. The molecule has 0 bridgehead atoms. The summed E-state index contributed by atoms with van der Waals surface area (Å²) in [6, 6.07) is 11.6. The molecule has 198 valence electrons. The molecule has 3 aromatic rings. The van der Waals surface area contributed by atoms with Crippen molar-refractivity contribution >= 4 is 38.4 Å². The van der Waals surface area contributed by atoms with Crippen molar-refractivity contribution in [1.29, 1.82) is 0 Å². The Bertz CT molecular complexity index is 1480. The number of nitrogens with zero attached hydrogens (tertiary/aromatic N) is 4. The first-order chi connectivity index (χ1) is 17.6. The quantitative estimate of drug-likeness (QED) is 0.485. The van der Waals surface area contributed by atoms with Crippen LogP contribution in [0.15, 0.2) is 36.4 Å². The minimum atomic E-state index is -3.57. The Balaban J connectivity index is 0.00000336. The Morgan fingerprint density at radius 1 is 1.16 bits per heavy atom. The van der Waals surface area contributed by atoms with Crippen molar-refractivity contribution in [2.75, 3.05) is 37.2 Å². The Labute approximate surface area is 219 Å². The summed E-state index contributed by atoms with van der Waals surface area (Å²) in [4.78, 5) is 26.3. The van der Waals surface area contributed by atoms with E-state index in [1.165, 1.54) is 10.6 Å². The van der Waals surface area contributed by atoms with Crippen molar-refractivity contribution in [1.82, 2.24) is 20.0 Å². The van der Waals surface area contributed by atoms with Crippen molar-refractivity contribution in [3.63, 3.8) is 0 Å². The third kappa shape index (κ3) is 4.94. The summed E-state index contributed by atoms with van der Waals surface area (Å²) in [5.74, 6) is 0.328. The average molecular weight is 526 g/mol. The second-order valence-corrected chi connectivity index (χ2v) is 12.2. The Morgan fingerprint density at radius 3 is 2.41 bits per heavy atom. The van der Waals surface area contributed by atoms with Crippen LogP contribution in [0, 0.1) is 12.8 Å². The molecule has 0 atom stereocenters. The van der Waals surface area contributed by atoms with Gasteiger partial charge in [0.25, 0.3) is 5.91 Å². The number of carbonyl (C=O) groups excluding carboxylic acids is 2. The monoisotopic (exact) mass is 525 g/mol. The van der Waals surface area contributed by atoms with E-state index in [-0.39, 0.29) is 25.1 Å². The van der Waals surface area contributed by atoms with Crippen LogP contribution in [-0.4, -0.2) is 67.9 Å². The minimum absolute atomic E-state index is 0. The SMILES string of the molecule is CNC(=O)c1c2cc(C3CC3)c(N(CCC3CN(C(C)=O)C3)S(C)(=O)=O)cc2nn1-c1ccc(C)cc1.[HH]. The van der Waals surface area contributed by atoms with Gasteiger partial charge in [-0.25, -0.2) is 13.1 Å². The van der Waals surface area contributed by atoms with Crippen LogP contribution in [0.5, 0.6) is 0 Å². The van der Waals surface area contributed by atoms with Crippen molar-refractivity contribution in [3.8, 4) is 5.69 Å². The van der Waals surface area contributed by atoms with Gasteiger partial charge in [0.2, 0.25) is 15.9 Å². The lowest BCUT2D eigenvalue weighted by molar-refractivity contribution is -0.135. The Kier molecular flexibility index (Phi) is 6.47. The van der Waals surface area contributed by atoms with E-state index >= 15 is 0 Å². The number of sulfonamides is 1. The lowest BCUT2D eigenvalue weighted by atomic mass is 9.96. The zero-order valence-electron chi connectivity index (χ0n) is 21.7. The fourth-order valence-electron chi connectivity index (χ4n) is 5.06. The maximum atomic E-state index is 13.0. The van der Waals surface area contributed by atoms with Crippen molar-refractivity contribution < 1.29 is 19.4 Å². The zero-order valence-corrected chi connectivity index (χ0v) is 22.5. The Hall–Kier alpha value is -3.40. The summed E-state index contributed by atoms with van der Waals surface area (Å²) in [6.45, 7) is 5.22. The number of aromatic nitrogens is 2. The van der Waals surface area contributed by atoms with Gasteiger partial charge < -0.3 is 10.2 Å². The summed E-state index contributed by atoms with van der Waals surface area (Å²) in [7, 11) is -1.97. The average Bonchev–Trinajstić information content (AvgIpc) is 3.59. The lowest BCUT2D eigenvalue weighted by Gasteiger charge is -2.39. The number of amides is 2. The highest BCUT2D eigenvalue weighted by Gasteiger charge is 2.34.